The molecule has 0 fully saturated rings. The second-order valence-electron chi connectivity index (χ2n) is 4.72. The first-order chi connectivity index (χ1) is 8.95. The molecule has 0 spiro atoms. The monoisotopic (exact) mass is 329 g/mol. The van der Waals surface area contributed by atoms with Crippen LogP contribution >= 0.6 is 15.9 Å². The second-order valence-corrected chi connectivity index (χ2v) is 5.64. The molecule has 19 heavy (non-hydrogen) atoms. The topological polar surface area (TPSA) is 49.8 Å². The Morgan fingerprint density at radius 1 is 1.37 bits per heavy atom. The molecule has 0 heterocycles. The van der Waals surface area contributed by atoms with Crippen molar-refractivity contribution in [3.8, 4) is 5.75 Å². The normalized spacial score (nSPS) is 12.3. The lowest BCUT2D eigenvalue weighted by Gasteiger charge is -2.26. The van der Waals surface area contributed by atoms with Crippen LogP contribution in [0.4, 0.5) is 0 Å². The maximum atomic E-state index is 12.2. The zero-order valence-electron chi connectivity index (χ0n) is 11.5. The summed E-state index contributed by atoms with van der Waals surface area (Å²) in [5.74, 6) is 0.594. The Hall–Kier alpha value is -1.07. The summed E-state index contributed by atoms with van der Waals surface area (Å²) < 4.78 is 6.73. The number of rotatable bonds is 6. The molecule has 1 unspecified atom stereocenters. The Balaban J connectivity index is 2.78. The average Bonchev–Trinajstić information content (AvgIpc) is 2.37. The van der Waals surface area contributed by atoms with Gasteiger partial charge >= 0.3 is 0 Å². The quantitative estimate of drug-likeness (QED) is 0.871. The van der Waals surface area contributed by atoms with Crippen molar-refractivity contribution in [1.82, 2.24) is 4.90 Å². The minimum atomic E-state index is -0.544. The fourth-order valence-corrected chi connectivity index (χ4v) is 1.87. The van der Waals surface area contributed by atoms with Crippen LogP contribution in [0.2, 0.25) is 0 Å². The minimum Gasteiger partial charge on any atom is -0.480 e. The van der Waals surface area contributed by atoms with Crippen LogP contribution in [0.1, 0.15) is 13.8 Å². The Morgan fingerprint density at radius 2 is 1.95 bits per heavy atom. The van der Waals surface area contributed by atoms with E-state index in [2.05, 4.69) is 15.9 Å². The number of aliphatic hydroxyl groups is 1. The molecule has 1 rings (SSSR count). The molecular formula is C14H20BrNO3. The van der Waals surface area contributed by atoms with Crippen LogP contribution in [0, 0.1) is 5.92 Å². The Labute approximate surface area is 122 Å². The Bertz CT molecular complexity index is 406. The van der Waals surface area contributed by atoms with Crippen LogP contribution in [0.5, 0.6) is 5.75 Å². The lowest BCUT2D eigenvalue weighted by atomic mass is 10.1. The molecule has 0 aromatic heterocycles. The third kappa shape index (κ3) is 4.84. The van der Waals surface area contributed by atoms with Gasteiger partial charge in [0.1, 0.15) is 5.75 Å². The van der Waals surface area contributed by atoms with Gasteiger partial charge in [-0.3, -0.25) is 4.79 Å². The third-order valence-electron chi connectivity index (χ3n) is 2.74. The van der Waals surface area contributed by atoms with Gasteiger partial charge in [0.15, 0.2) is 6.10 Å². The molecule has 1 atom stereocenters. The van der Waals surface area contributed by atoms with Gasteiger partial charge in [0, 0.05) is 18.1 Å². The number of carbonyl (C=O) groups excluding carboxylic acids is 1. The van der Waals surface area contributed by atoms with Gasteiger partial charge in [-0.05, 0) is 30.2 Å². The van der Waals surface area contributed by atoms with Crippen LogP contribution in [-0.2, 0) is 4.79 Å². The van der Waals surface area contributed by atoms with E-state index in [0.717, 1.165) is 4.47 Å². The van der Waals surface area contributed by atoms with E-state index in [0.29, 0.717) is 12.3 Å². The predicted octanol–water partition coefficient (Wildman–Crippen LogP) is 2.30. The summed E-state index contributed by atoms with van der Waals surface area (Å²) >= 11 is 3.35. The van der Waals surface area contributed by atoms with Gasteiger partial charge in [0.2, 0.25) is 0 Å². The number of benzene rings is 1. The molecule has 0 saturated carbocycles. The van der Waals surface area contributed by atoms with Crippen molar-refractivity contribution in [2.24, 2.45) is 5.92 Å². The van der Waals surface area contributed by atoms with Gasteiger partial charge < -0.3 is 14.7 Å². The van der Waals surface area contributed by atoms with E-state index in [-0.39, 0.29) is 18.4 Å². The van der Waals surface area contributed by atoms with E-state index in [1.54, 1.807) is 7.05 Å². The SMILES string of the molecule is CC(C)C(Oc1ccc(Br)cc1)C(=O)N(C)CCO. The number of halogens is 1. The van der Waals surface area contributed by atoms with E-state index in [9.17, 15) is 4.79 Å². The van der Waals surface area contributed by atoms with Crippen LogP contribution in [-0.4, -0.2) is 42.2 Å². The zero-order valence-corrected chi connectivity index (χ0v) is 13.1. The minimum absolute atomic E-state index is 0.0503. The highest BCUT2D eigenvalue weighted by molar-refractivity contribution is 9.10. The first kappa shape index (κ1) is 16.0. The van der Waals surface area contributed by atoms with Crippen molar-refractivity contribution in [2.45, 2.75) is 20.0 Å². The van der Waals surface area contributed by atoms with E-state index in [1.165, 1.54) is 4.90 Å². The van der Waals surface area contributed by atoms with Crippen molar-refractivity contribution >= 4 is 21.8 Å². The molecule has 106 valence electrons. The lowest BCUT2D eigenvalue weighted by molar-refractivity contribution is -0.139. The van der Waals surface area contributed by atoms with Crippen molar-refractivity contribution in [1.29, 1.82) is 0 Å². The molecule has 4 nitrogen and oxygen atoms in total. The summed E-state index contributed by atoms with van der Waals surface area (Å²) in [7, 11) is 1.67. The Morgan fingerprint density at radius 3 is 2.42 bits per heavy atom. The first-order valence-electron chi connectivity index (χ1n) is 6.23. The number of aliphatic hydroxyl groups excluding tert-OH is 1. The van der Waals surface area contributed by atoms with E-state index in [1.807, 2.05) is 38.1 Å². The fraction of sp³-hybridized carbons (Fsp3) is 0.500. The molecule has 5 heteroatoms. The third-order valence-corrected chi connectivity index (χ3v) is 3.27. The van der Waals surface area contributed by atoms with Gasteiger partial charge in [-0.1, -0.05) is 29.8 Å². The molecular weight excluding hydrogens is 310 g/mol. The van der Waals surface area contributed by atoms with E-state index >= 15 is 0 Å². The number of hydrogen-bond donors (Lipinski definition) is 1. The van der Waals surface area contributed by atoms with Gasteiger partial charge in [-0.2, -0.15) is 0 Å². The lowest BCUT2D eigenvalue weighted by Crippen LogP contribution is -2.43. The predicted molar refractivity (Wildman–Crippen MR) is 78.1 cm³/mol. The van der Waals surface area contributed by atoms with Crippen LogP contribution < -0.4 is 4.74 Å². The molecule has 0 radical (unpaired) electrons. The van der Waals surface area contributed by atoms with E-state index < -0.39 is 6.10 Å². The number of amides is 1. The summed E-state index contributed by atoms with van der Waals surface area (Å²) in [5.41, 5.74) is 0. The average molecular weight is 330 g/mol. The summed E-state index contributed by atoms with van der Waals surface area (Å²) in [6.07, 6.45) is -0.544. The van der Waals surface area contributed by atoms with Crippen molar-refractivity contribution in [3.63, 3.8) is 0 Å². The smallest absolute Gasteiger partial charge is 0.263 e. The van der Waals surface area contributed by atoms with Gasteiger partial charge in [0.05, 0.1) is 6.61 Å². The Kier molecular flexibility index (Phi) is 6.31. The summed E-state index contributed by atoms with van der Waals surface area (Å²) in [5, 5.41) is 8.89. The van der Waals surface area contributed by atoms with Crippen LogP contribution in [0.25, 0.3) is 0 Å². The second kappa shape index (κ2) is 7.50. The largest absolute Gasteiger partial charge is 0.480 e. The molecule has 0 bridgehead atoms. The molecule has 0 saturated heterocycles. The molecule has 0 aliphatic rings. The standard InChI is InChI=1S/C14H20BrNO3/c1-10(2)13(14(18)16(3)8-9-17)19-12-6-4-11(15)5-7-12/h4-7,10,13,17H,8-9H2,1-3H3. The van der Waals surface area contributed by atoms with Crippen LogP contribution in [0.3, 0.4) is 0 Å². The first-order valence-corrected chi connectivity index (χ1v) is 7.03. The van der Waals surface area contributed by atoms with Crippen molar-refractivity contribution < 1.29 is 14.6 Å². The van der Waals surface area contributed by atoms with Crippen molar-refractivity contribution in [3.05, 3.63) is 28.7 Å². The van der Waals surface area contributed by atoms with Gasteiger partial charge in [-0.15, -0.1) is 0 Å². The van der Waals surface area contributed by atoms with Crippen LogP contribution in [0.15, 0.2) is 28.7 Å². The van der Waals surface area contributed by atoms with Crippen molar-refractivity contribution in [2.75, 3.05) is 20.2 Å². The summed E-state index contributed by atoms with van der Waals surface area (Å²) in [6, 6.07) is 7.38. The van der Waals surface area contributed by atoms with E-state index in [4.69, 9.17) is 9.84 Å². The molecule has 1 aromatic rings. The maximum absolute atomic E-state index is 12.2. The molecule has 1 aromatic carbocycles. The molecule has 0 aliphatic heterocycles. The highest BCUT2D eigenvalue weighted by Gasteiger charge is 2.27. The highest BCUT2D eigenvalue weighted by Crippen LogP contribution is 2.20. The number of hydrogen-bond acceptors (Lipinski definition) is 3. The molecule has 0 aliphatic carbocycles. The number of carbonyl (C=O) groups is 1. The van der Waals surface area contributed by atoms with Gasteiger partial charge in [0.25, 0.3) is 5.91 Å². The maximum Gasteiger partial charge on any atom is 0.263 e. The molecule has 1 N–H and O–H groups in total. The number of likely N-dealkylation sites (N-methyl/N-ethyl adjacent to an activating group) is 1. The highest BCUT2D eigenvalue weighted by atomic mass is 79.9. The zero-order chi connectivity index (χ0) is 14.4. The fourth-order valence-electron chi connectivity index (χ4n) is 1.61. The molecule has 1 amide bonds. The number of ether oxygens (including phenoxy) is 1. The summed E-state index contributed by atoms with van der Waals surface area (Å²) in [4.78, 5) is 13.7. The van der Waals surface area contributed by atoms with Gasteiger partial charge in [-0.25, -0.2) is 0 Å². The summed E-state index contributed by atoms with van der Waals surface area (Å²) in [6.45, 7) is 4.14. The number of nitrogens with zero attached hydrogens (tertiary/aromatic N) is 1.